The number of anilines is 2. The molecular formula is C48H58N2O10S2. The summed E-state index contributed by atoms with van der Waals surface area (Å²) in [5.74, 6) is 0.321. The zero-order chi connectivity index (χ0) is 43.7. The van der Waals surface area contributed by atoms with Crippen LogP contribution in [-0.2, 0) is 25.0 Å². The molecule has 0 amide bonds. The van der Waals surface area contributed by atoms with Crippen molar-refractivity contribution < 1.29 is 50.2 Å². The number of ether oxygens (including phenoxy) is 2. The smallest absolute Gasteiger partial charge is 0.264 e. The van der Waals surface area contributed by atoms with Crippen molar-refractivity contribution in [1.82, 2.24) is 0 Å². The fraction of sp³-hybridized carbons (Fsp3) is 0.438. The van der Waals surface area contributed by atoms with Gasteiger partial charge in [0.2, 0.25) is 0 Å². The summed E-state index contributed by atoms with van der Waals surface area (Å²) in [4.78, 5) is 17.4. The van der Waals surface area contributed by atoms with Gasteiger partial charge in [0.1, 0.15) is 23.2 Å². The summed E-state index contributed by atoms with van der Waals surface area (Å²) >= 11 is 0. The number of unbranched alkanes of at least 4 members (excludes halogenated alkanes) is 2. The van der Waals surface area contributed by atoms with Crippen LogP contribution in [0.2, 0.25) is 0 Å². The van der Waals surface area contributed by atoms with Crippen LogP contribution in [0.5, 0.6) is 11.5 Å². The number of nitrogens with zero attached hydrogens (tertiary/aromatic N) is 1. The molecule has 0 aromatic heterocycles. The molecule has 4 aliphatic carbocycles. The zero-order valence-corrected chi connectivity index (χ0v) is 36.8. The summed E-state index contributed by atoms with van der Waals surface area (Å²) in [6.45, 7) is 0.691. The van der Waals surface area contributed by atoms with Crippen LogP contribution in [0.4, 0.5) is 17.1 Å². The number of nitrogens with one attached hydrogen (secondary N) is 1. The maximum Gasteiger partial charge on any atom is 0.264 e. The summed E-state index contributed by atoms with van der Waals surface area (Å²) in [5, 5.41) is 13.7. The largest absolute Gasteiger partial charge is 0.871 e. The van der Waals surface area contributed by atoms with Crippen molar-refractivity contribution in [2.24, 2.45) is 0 Å². The number of allylic oxidation sites excluding steroid dienone is 5. The summed E-state index contributed by atoms with van der Waals surface area (Å²) in [7, 11) is -7.95. The first-order valence-electron chi connectivity index (χ1n) is 22.0. The third-order valence-corrected chi connectivity index (χ3v) is 14.0. The predicted octanol–water partition coefficient (Wildman–Crippen LogP) is 7.25. The molecule has 1 unspecified atom stereocenters. The van der Waals surface area contributed by atoms with Crippen molar-refractivity contribution in [3.63, 3.8) is 0 Å². The van der Waals surface area contributed by atoms with Crippen molar-refractivity contribution in [3.8, 4) is 11.5 Å². The van der Waals surface area contributed by atoms with E-state index in [-0.39, 0.29) is 40.2 Å². The van der Waals surface area contributed by atoms with Gasteiger partial charge < -0.3 is 19.5 Å². The Morgan fingerprint density at radius 3 is 1.61 bits per heavy atom. The van der Waals surface area contributed by atoms with Crippen LogP contribution < -0.4 is 24.4 Å². The normalized spacial score (nSPS) is 19.4. The second-order valence-corrected chi connectivity index (χ2v) is 20.0. The lowest BCUT2D eigenvalue weighted by atomic mass is 9.80. The molecule has 0 heterocycles. The molecule has 2 saturated carbocycles. The monoisotopic (exact) mass is 886 g/mol. The van der Waals surface area contributed by atoms with E-state index >= 15 is 0 Å². The second kappa shape index (κ2) is 20.6. The molecule has 0 saturated heterocycles. The lowest BCUT2D eigenvalue weighted by Crippen LogP contribution is -3.14. The standard InChI is InChI=1S/C48H58N2O10S2/c51-47-45(35-15-19-39(20-16-35)49(37-11-3-1-4-12-37)41-23-27-43(28-24-41)59-31-7-9-33-61(53,54)55)48(52)46(47)36-17-21-40(22-18-36)50(38-13-5-2-6-14-38)42-25-29-44(30-26-42)60-32-8-10-34-62(56,57)58/h15-30,37-39,51H,1-14,31-34H2,(H,53,54,55)(H,56,57,58). The van der Waals surface area contributed by atoms with Crippen LogP contribution in [0.1, 0.15) is 95.5 Å². The predicted molar refractivity (Wildman–Crippen MR) is 239 cm³/mol. The molecule has 14 heteroatoms. The van der Waals surface area contributed by atoms with Crippen LogP contribution in [0.25, 0.3) is 5.57 Å². The van der Waals surface area contributed by atoms with Crippen LogP contribution in [0.3, 0.4) is 0 Å². The van der Waals surface area contributed by atoms with Crippen molar-refractivity contribution in [2.45, 2.75) is 108 Å². The lowest BCUT2D eigenvalue weighted by Gasteiger charge is -2.37. The van der Waals surface area contributed by atoms with Crippen molar-refractivity contribution in [2.75, 3.05) is 29.6 Å². The van der Waals surface area contributed by atoms with Gasteiger partial charge in [-0.05, 0) is 136 Å². The number of carbonyl (C=O) groups excluding carboxylic acids is 1. The molecule has 7 rings (SSSR count). The van der Waals surface area contributed by atoms with Gasteiger partial charge in [-0.2, -0.15) is 16.8 Å². The van der Waals surface area contributed by atoms with Crippen LogP contribution in [-0.4, -0.2) is 74.6 Å². The van der Waals surface area contributed by atoms with Gasteiger partial charge in [-0.25, -0.2) is 0 Å². The molecule has 0 aliphatic heterocycles. The van der Waals surface area contributed by atoms with E-state index in [1.165, 1.54) is 30.6 Å². The van der Waals surface area contributed by atoms with Crippen LogP contribution >= 0.6 is 0 Å². The van der Waals surface area contributed by atoms with Gasteiger partial charge in [-0.1, -0.05) is 55.7 Å². The van der Waals surface area contributed by atoms with E-state index in [0.717, 1.165) is 55.6 Å². The van der Waals surface area contributed by atoms with E-state index in [1.54, 1.807) is 0 Å². The number of hydrogen-bond acceptors (Lipinski definition) is 9. The molecule has 0 spiro atoms. The highest BCUT2D eigenvalue weighted by atomic mass is 32.2. The average molecular weight is 887 g/mol. The second-order valence-electron chi connectivity index (χ2n) is 16.8. The maximum absolute atomic E-state index is 13.7. The highest BCUT2D eigenvalue weighted by Crippen LogP contribution is 2.40. The van der Waals surface area contributed by atoms with E-state index in [9.17, 15) is 26.7 Å². The first-order valence-corrected chi connectivity index (χ1v) is 25.3. The van der Waals surface area contributed by atoms with Gasteiger partial charge in [-0.3, -0.25) is 18.8 Å². The third-order valence-electron chi connectivity index (χ3n) is 12.4. The van der Waals surface area contributed by atoms with E-state index in [1.807, 2.05) is 72.8 Å². The average Bonchev–Trinajstić information content (AvgIpc) is 3.26. The minimum Gasteiger partial charge on any atom is -0.871 e. The van der Waals surface area contributed by atoms with Gasteiger partial charge >= 0.3 is 0 Å². The number of carbonyl (C=O) groups is 1. The van der Waals surface area contributed by atoms with E-state index < -0.39 is 20.2 Å². The number of Topliss-reactive ketones (excluding diaryl/α,β-unsaturated/α-hetero) is 1. The number of hydrogen-bond donors (Lipinski definition) is 3. The Kier molecular flexibility index (Phi) is 15.1. The molecule has 0 radical (unpaired) electrons. The van der Waals surface area contributed by atoms with Crippen molar-refractivity contribution in [1.29, 1.82) is 0 Å². The number of rotatable bonds is 19. The molecule has 62 heavy (non-hydrogen) atoms. The van der Waals surface area contributed by atoms with Gasteiger partial charge in [-0.15, -0.1) is 0 Å². The number of benzene rings is 3. The lowest BCUT2D eigenvalue weighted by molar-refractivity contribution is -0.874. The molecule has 3 aromatic carbocycles. The Balaban J connectivity index is 1.03. The van der Waals surface area contributed by atoms with Crippen LogP contribution in [0, 0.1) is 0 Å². The molecule has 4 aliphatic rings. The number of quaternary nitrogens is 1. The van der Waals surface area contributed by atoms with Gasteiger partial charge in [0.15, 0.2) is 5.78 Å². The van der Waals surface area contributed by atoms with E-state index in [4.69, 9.17) is 18.6 Å². The highest BCUT2D eigenvalue weighted by Gasteiger charge is 2.34. The van der Waals surface area contributed by atoms with E-state index in [0.29, 0.717) is 73.6 Å². The fourth-order valence-corrected chi connectivity index (χ4v) is 10.4. The zero-order valence-electron chi connectivity index (χ0n) is 35.1. The summed E-state index contributed by atoms with van der Waals surface area (Å²) in [6, 6.07) is 24.3. The topological polar surface area (TPSA) is 175 Å². The van der Waals surface area contributed by atoms with Gasteiger partial charge in [0, 0.05) is 40.7 Å². The van der Waals surface area contributed by atoms with Crippen LogP contribution in [0.15, 0.2) is 114 Å². The van der Waals surface area contributed by atoms with E-state index in [2.05, 4.69) is 29.2 Å². The minimum absolute atomic E-state index is 0.0114. The Morgan fingerprint density at radius 1 is 0.629 bits per heavy atom. The molecule has 332 valence electrons. The SMILES string of the molecule is O=C1C(=C2C=CC([NH+](c3ccc(OCCCCS(=O)(=O)O)cc3)C3CCCCC3)C=C2)C([O-])=C1c1ccc(N(c2ccc(OCCCCS(=O)(=O)O)cc2)C2CCCCC2)cc1. The summed E-state index contributed by atoms with van der Waals surface area (Å²) in [6.07, 6.45) is 21.1. The molecule has 12 nitrogen and oxygen atoms in total. The Hall–Kier alpha value is -4.73. The molecule has 3 N–H and O–H groups in total. The Labute approximate surface area is 366 Å². The first-order chi connectivity index (χ1) is 29.8. The first kappa shape index (κ1) is 45.3. The highest BCUT2D eigenvalue weighted by molar-refractivity contribution is 7.86. The number of ketones is 1. The Bertz CT molecular complexity index is 2340. The molecule has 0 bridgehead atoms. The molecule has 1 atom stereocenters. The molecule has 3 aromatic rings. The maximum atomic E-state index is 13.7. The quantitative estimate of drug-likeness (QED) is 0.0629. The summed E-state index contributed by atoms with van der Waals surface area (Å²) < 4.78 is 73.6. The van der Waals surface area contributed by atoms with Crippen molar-refractivity contribution in [3.05, 3.63) is 120 Å². The minimum atomic E-state index is -3.98. The third kappa shape index (κ3) is 11.8. The Morgan fingerprint density at radius 2 is 1.11 bits per heavy atom. The fourth-order valence-electron chi connectivity index (χ4n) is 9.24. The van der Waals surface area contributed by atoms with Gasteiger partial charge in [0.25, 0.3) is 20.2 Å². The summed E-state index contributed by atoms with van der Waals surface area (Å²) in [5.41, 5.74) is 4.77. The van der Waals surface area contributed by atoms with Gasteiger partial charge in [0.05, 0.1) is 30.8 Å². The molecular weight excluding hydrogens is 829 g/mol. The molecule has 2 fully saturated rings. The van der Waals surface area contributed by atoms with Crippen molar-refractivity contribution >= 4 is 48.7 Å².